The molecule has 0 atom stereocenters. The van der Waals surface area contributed by atoms with Crippen LogP contribution in [0.3, 0.4) is 0 Å². The standard InChI is InChI=1S/C30H20N2O2/c1-30(2)23-9-5-3-7-19(23)20-13-11-18(16-24(20)30)17-12-14-26-22(15-17)27(33)28-31-25-10-6-4-8-21(25)29(34)32(26)28/h3-16H,1-2H3. The molecule has 0 amide bonds. The Morgan fingerprint density at radius 3 is 2.29 bits per heavy atom. The van der Waals surface area contributed by atoms with Crippen LogP contribution in [0.5, 0.6) is 0 Å². The van der Waals surface area contributed by atoms with Crippen LogP contribution in [0.15, 0.2) is 89.7 Å². The first kappa shape index (κ1) is 19.2. The summed E-state index contributed by atoms with van der Waals surface area (Å²) in [5.74, 6) is -0.0324. The molecule has 1 aliphatic carbocycles. The van der Waals surface area contributed by atoms with E-state index in [0.717, 1.165) is 11.1 Å². The number of fused-ring (bicyclic) bond motifs is 7. The van der Waals surface area contributed by atoms with Crippen LogP contribution in [0.4, 0.5) is 0 Å². The summed E-state index contributed by atoms with van der Waals surface area (Å²) in [5.41, 5.74) is 8.51. The fourth-order valence-electron chi connectivity index (χ4n) is 5.61. The highest BCUT2D eigenvalue weighted by atomic mass is 16.1. The SMILES string of the molecule is CC1(C)c2ccccc2-c2ccc(-c3ccc4c(c3)C(=O)c3nc5ccccc5c(=O)n3-4)cc21. The summed E-state index contributed by atoms with van der Waals surface area (Å²) in [6.07, 6.45) is 0. The van der Waals surface area contributed by atoms with E-state index in [0.29, 0.717) is 22.2 Å². The van der Waals surface area contributed by atoms with Gasteiger partial charge in [-0.05, 0) is 63.7 Å². The van der Waals surface area contributed by atoms with E-state index >= 15 is 0 Å². The van der Waals surface area contributed by atoms with E-state index in [9.17, 15) is 9.59 Å². The summed E-state index contributed by atoms with van der Waals surface area (Å²) in [6, 6.07) is 28.0. The maximum absolute atomic E-state index is 13.3. The van der Waals surface area contributed by atoms with E-state index in [1.54, 1.807) is 12.1 Å². The zero-order valence-corrected chi connectivity index (χ0v) is 18.8. The Labute approximate surface area is 196 Å². The van der Waals surface area contributed by atoms with Gasteiger partial charge in [0.15, 0.2) is 5.82 Å². The summed E-state index contributed by atoms with van der Waals surface area (Å²) in [4.78, 5) is 31.0. The van der Waals surface area contributed by atoms with Crippen LogP contribution >= 0.6 is 0 Å². The van der Waals surface area contributed by atoms with Crippen LogP contribution in [-0.4, -0.2) is 15.3 Å². The molecule has 2 aliphatic rings. The first-order chi connectivity index (χ1) is 16.4. The van der Waals surface area contributed by atoms with Crippen molar-refractivity contribution in [1.82, 2.24) is 9.55 Å². The van der Waals surface area contributed by atoms with Crippen LogP contribution < -0.4 is 5.56 Å². The molecule has 0 unspecified atom stereocenters. The highest BCUT2D eigenvalue weighted by Gasteiger charge is 2.35. The summed E-state index contributed by atoms with van der Waals surface area (Å²) < 4.78 is 1.45. The maximum Gasteiger partial charge on any atom is 0.266 e. The average Bonchev–Trinajstić information content (AvgIpc) is 3.27. The van der Waals surface area contributed by atoms with Gasteiger partial charge in [0.2, 0.25) is 5.78 Å². The van der Waals surface area contributed by atoms with Crippen molar-refractivity contribution in [3.05, 3.63) is 118 Å². The van der Waals surface area contributed by atoms with E-state index in [1.807, 2.05) is 30.3 Å². The van der Waals surface area contributed by atoms with Crippen molar-refractivity contribution in [2.75, 3.05) is 0 Å². The van der Waals surface area contributed by atoms with Gasteiger partial charge in [-0.1, -0.05) is 68.4 Å². The van der Waals surface area contributed by atoms with Gasteiger partial charge >= 0.3 is 0 Å². The largest absolute Gasteiger partial charge is 0.285 e. The van der Waals surface area contributed by atoms with Crippen molar-refractivity contribution in [1.29, 1.82) is 0 Å². The van der Waals surface area contributed by atoms with Gasteiger partial charge in [-0.25, -0.2) is 4.98 Å². The number of ketones is 1. The van der Waals surface area contributed by atoms with Crippen molar-refractivity contribution in [3.8, 4) is 27.9 Å². The third-order valence-corrected chi connectivity index (χ3v) is 7.38. The highest BCUT2D eigenvalue weighted by Crippen LogP contribution is 2.49. The lowest BCUT2D eigenvalue weighted by Crippen LogP contribution is -2.21. The van der Waals surface area contributed by atoms with Crippen LogP contribution in [0.25, 0.3) is 38.8 Å². The smallest absolute Gasteiger partial charge is 0.266 e. The minimum atomic E-state index is -0.214. The second-order valence-corrected chi connectivity index (χ2v) is 9.59. The Bertz CT molecular complexity index is 1780. The molecule has 0 spiro atoms. The molecule has 5 aromatic rings. The maximum atomic E-state index is 13.3. The zero-order chi connectivity index (χ0) is 23.2. The minimum Gasteiger partial charge on any atom is -0.285 e. The normalized spacial score (nSPS) is 14.6. The molecule has 34 heavy (non-hydrogen) atoms. The van der Waals surface area contributed by atoms with Crippen molar-refractivity contribution in [3.63, 3.8) is 0 Å². The fourth-order valence-corrected chi connectivity index (χ4v) is 5.61. The lowest BCUT2D eigenvalue weighted by molar-refractivity contribution is 0.103. The van der Waals surface area contributed by atoms with E-state index < -0.39 is 0 Å². The Hall–Kier alpha value is -4.31. The van der Waals surface area contributed by atoms with Crippen molar-refractivity contribution >= 4 is 16.7 Å². The molecular formula is C30H20N2O2. The molecule has 2 heterocycles. The molecule has 4 nitrogen and oxygen atoms in total. The predicted octanol–water partition coefficient (Wildman–Crippen LogP) is 5.90. The van der Waals surface area contributed by atoms with Gasteiger partial charge in [-0.15, -0.1) is 0 Å². The molecule has 7 rings (SSSR count). The molecule has 4 heteroatoms. The van der Waals surface area contributed by atoms with E-state index in [2.05, 4.69) is 61.3 Å². The van der Waals surface area contributed by atoms with Gasteiger partial charge < -0.3 is 0 Å². The highest BCUT2D eigenvalue weighted by molar-refractivity contribution is 6.14. The lowest BCUT2D eigenvalue weighted by Gasteiger charge is -2.22. The summed E-state index contributed by atoms with van der Waals surface area (Å²) >= 11 is 0. The zero-order valence-electron chi connectivity index (χ0n) is 18.8. The molecule has 162 valence electrons. The molecular weight excluding hydrogens is 420 g/mol. The molecule has 0 saturated heterocycles. The number of benzene rings is 4. The Balaban J connectivity index is 1.38. The second-order valence-electron chi connectivity index (χ2n) is 9.59. The molecule has 4 aromatic carbocycles. The first-order valence-corrected chi connectivity index (χ1v) is 11.4. The number of nitrogens with zero attached hydrogens (tertiary/aromatic N) is 2. The predicted molar refractivity (Wildman–Crippen MR) is 134 cm³/mol. The molecule has 0 N–H and O–H groups in total. The summed E-state index contributed by atoms with van der Waals surface area (Å²) in [6.45, 7) is 4.51. The summed E-state index contributed by atoms with van der Waals surface area (Å²) in [7, 11) is 0. The lowest BCUT2D eigenvalue weighted by atomic mass is 9.81. The van der Waals surface area contributed by atoms with Crippen molar-refractivity contribution in [2.45, 2.75) is 19.3 Å². The quantitative estimate of drug-likeness (QED) is 0.320. The molecule has 0 saturated carbocycles. The van der Waals surface area contributed by atoms with E-state index in [-0.39, 0.29) is 22.6 Å². The number of aromatic nitrogens is 2. The summed E-state index contributed by atoms with van der Waals surface area (Å²) in [5, 5.41) is 0.511. The molecule has 1 aliphatic heterocycles. The third-order valence-electron chi connectivity index (χ3n) is 7.38. The average molecular weight is 441 g/mol. The number of rotatable bonds is 1. The van der Waals surface area contributed by atoms with Gasteiger partial charge in [0, 0.05) is 5.41 Å². The van der Waals surface area contributed by atoms with Gasteiger partial charge in [-0.2, -0.15) is 0 Å². The van der Waals surface area contributed by atoms with Crippen molar-refractivity contribution in [2.24, 2.45) is 0 Å². The van der Waals surface area contributed by atoms with Gasteiger partial charge in [0.1, 0.15) is 0 Å². The number of para-hydroxylation sites is 1. The Kier molecular flexibility index (Phi) is 3.60. The first-order valence-electron chi connectivity index (χ1n) is 11.4. The fraction of sp³-hybridized carbons (Fsp3) is 0.100. The minimum absolute atomic E-state index is 0.0952. The third kappa shape index (κ3) is 2.35. The monoisotopic (exact) mass is 440 g/mol. The van der Waals surface area contributed by atoms with Crippen LogP contribution in [-0.2, 0) is 5.41 Å². The second kappa shape index (κ2) is 6.39. The van der Waals surface area contributed by atoms with Gasteiger partial charge in [-0.3, -0.25) is 14.2 Å². The van der Waals surface area contributed by atoms with Crippen molar-refractivity contribution < 1.29 is 4.79 Å². The Morgan fingerprint density at radius 1 is 0.706 bits per heavy atom. The number of hydrogen-bond acceptors (Lipinski definition) is 3. The molecule has 0 fully saturated rings. The number of carbonyl (C=O) groups excluding carboxylic acids is 1. The molecule has 1 aromatic heterocycles. The van der Waals surface area contributed by atoms with Crippen LogP contribution in [0.1, 0.15) is 41.2 Å². The van der Waals surface area contributed by atoms with Gasteiger partial charge in [0.05, 0.1) is 22.2 Å². The van der Waals surface area contributed by atoms with Gasteiger partial charge in [0.25, 0.3) is 5.56 Å². The Morgan fingerprint density at radius 2 is 1.41 bits per heavy atom. The topological polar surface area (TPSA) is 52.0 Å². The number of hydrogen-bond donors (Lipinski definition) is 0. The number of carbonyl (C=O) groups is 1. The van der Waals surface area contributed by atoms with Crippen LogP contribution in [0.2, 0.25) is 0 Å². The van der Waals surface area contributed by atoms with E-state index in [1.165, 1.54) is 26.8 Å². The molecule has 0 radical (unpaired) electrons. The van der Waals surface area contributed by atoms with Crippen LogP contribution in [0, 0.1) is 0 Å². The van der Waals surface area contributed by atoms with E-state index in [4.69, 9.17) is 0 Å². The molecule has 0 bridgehead atoms.